The second-order valence-electron chi connectivity index (χ2n) is 22.0. The van der Waals surface area contributed by atoms with Crippen molar-refractivity contribution in [3.05, 3.63) is 35.5 Å². The van der Waals surface area contributed by atoms with Gasteiger partial charge in [-0.1, -0.05) is 119 Å². The Kier molecular flexibility index (Phi) is 14.0. The molecule has 3 rings (SSSR count). The molecule has 0 unspecified atom stereocenters. The van der Waals surface area contributed by atoms with Crippen molar-refractivity contribution in [3.63, 3.8) is 0 Å². The Bertz CT molecular complexity index is 1180. The zero-order valence-corrected chi connectivity index (χ0v) is 39.6. The van der Waals surface area contributed by atoms with Crippen molar-refractivity contribution in [1.82, 2.24) is 0 Å². The van der Waals surface area contributed by atoms with Crippen LogP contribution in [0.5, 0.6) is 0 Å². The second-order valence-corrected chi connectivity index (χ2v) is 36.2. The fraction of sp³-hybridized carbons (Fsp3) is 0.864. The second kappa shape index (κ2) is 15.8. The summed E-state index contributed by atoms with van der Waals surface area (Å²) in [6, 6.07) is 0. The van der Waals surface area contributed by atoms with Gasteiger partial charge in [0.2, 0.25) is 0 Å². The smallest absolute Gasteiger partial charge is 0.192 e. The maximum absolute atomic E-state index is 7.13. The maximum atomic E-state index is 7.13. The van der Waals surface area contributed by atoms with Gasteiger partial charge in [0.05, 0.1) is 12.2 Å². The van der Waals surface area contributed by atoms with Crippen LogP contribution >= 0.6 is 0 Å². The van der Waals surface area contributed by atoms with Crippen LogP contribution < -0.4 is 0 Å². The highest BCUT2D eigenvalue weighted by Crippen LogP contribution is 2.60. The molecule has 3 aliphatic rings. The molecule has 50 heavy (non-hydrogen) atoms. The Hall–Kier alpha value is -0.249. The van der Waals surface area contributed by atoms with Crippen LogP contribution in [0.3, 0.4) is 0 Å². The molecule has 0 amide bonds. The summed E-state index contributed by atoms with van der Waals surface area (Å²) in [5, 5.41) is 0.591. The van der Waals surface area contributed by atoms with Crippen LogP contribution in [0.25, 0.3) is 0 Å². The van der Waals surface area contributed by atoms with Crippen LogP contribution in [0.1, 0.15) is 147 Å². The number of rotatable bonds is 12. The first-order valence-corrected chi connectivity index (χ1v) is 29.4. The molecule has 0 aromatic carbocycles. The molecule has 0 aromatic heterocycles. The van der Waals surface area contributed by atoms with Gasteiger partial charge >= 0.3 is 0 Å². The summed E-state index contributed by atoms with van der Waals surface area (Å²) in [7, 11) is -5.66. The molecule has 3 aliphatic carbocycles. The van der Waals surface area contributed by atoms with Gasteiger partial charge in [-0.3, -0.25) is 0 Å². The summed E-state index contributed by atoms with van der Waals surface area (Å²) < 4.78 is 21.0. The lowest BCUT2D eigenvalue weighted by molar-refractivity contribution is 0.0910. The van der Waals surface area contributed by atoms with E-state index in [2.05, 4.69) is 141 Å². The van der Waals surface area contributed by atoms with Crippen molar-refractivity contribution in [3.8, 4) is 0 Å². The minimum absolute atomic E-state index is 0.0346. The molecule has 0 heterocycles. The third-order valence-corrected chi connectivity index (χ3v) is 28.6. The first kappa shape index (κ1) is 44.1. The predicted octanol–water partition coefficient (Wildman–Crippen LogP) is 14.4. The molecule has 0 aromatic rings. The average molecular weight is 745 g/mol. The molecule has 6 heteroatoms. The van der Waals surface area contributed by atoms with E-state index in [0.717, 1.165) is 30.6 Å². The summed E-state index contributed by atoms with van der Waals surface area (Å²) in [4.78, 5) is 0. The minimum Gasteiger partial charge on any atom is -0.414 e. The van der Waals surface area contributed by atoms with Crippen molar-refractivity contribution in [2.45, 2.75) is 220 Å². The molecule has 3 saturated carbocycles. The number of allylic oxidation sites excluding steroid dienone is 3. The van der Waals surface area contributed by atoms with E-state index in [1.165, 1.54) is 62.5 Å². The molecule has 0 spiro atoms. The van der Waals surface area contributed by atoms with Crippen molar-refractivity contribution >= 4 is 25.0 Å². The molecule has 7 atom stereocenters. The predicted molar refractivity (Wildman–Crippen MR) is 228 cm³/mol. The van der Waals surface area contributed by atoms with Crippen molar-refractivity contribution < 1.29 is 13.3 Å². The Balaban J connectivity index is 1.77. The first-order chi connectivity index (χ1) is 22.5. The van der Waals surface area contributed by atoms with Gasteiger partial charge in [0.1, 0.15) is 0 Å². The molecule has 3 fully saturated rings. The van der Waals surface area contributed by atoms with Gasteiger partial charge in [0.15, 0.2) is 25.0 Å². The quantitative estimate of drug-likeness (QED) is 0.147. The van der Waals surface area contributed by atoms with Gasteiger partial charge in [-0.2, -0.15) is 0 Å². The molecular formula is C44H84O3Si3. The monoisotopic (exact) mass is 745 g/mol. The molecule has 290 valence electrons. The highest BCUT2D eigenvalue weighted by Gasteiger charge is 2.51. The van der Waals surface area contributed by atoms with E-state index in [1.807, 2.05) is 0 Å². The summed E-state index contributed by atoms with van der Waals surface area (Å²) in [5.74, 6) is 2.32. The lowest BCUT2D eigenvalue weighted by Gasteiger charge is -2.46. The number of hydrogen-bond donors (Lipinski definition) is 0. The van der Waals surface area contributed by atoms with Crippen LogP contribution in [0.15, 0.2) is 35.5 Å². The van der Waals surface area contributed by atoms with Crippen LogP contribution in [0.2, 0.25) is 54.4 Å². The molecule has 0 radical (unpaired) electrons. The van der Waals surface area contributed by atoms with E-state index in [-0.39, 0.29) is 27.3 Å². The Labute approximate surface area is 315 Å². The summed E-state index contributed by atoms with van der Waals surface area (Å²) >= 11 is 0. The zero-order valence-electron chi connectivity index (χ0n) is 36.6. The molecule has 3 nitrogen and oxygen atoms in total. The highest BCUT2D eigenvalue weighted by molar-refractivity contribution is 6.75. The van der Waals surface area contributed by atoms with E-state index in [4.69, 9.17) is 13.3 Å². The van der Waals surface area contributed by atoms with Crippen molar-refractivity contribution in [2.75, 3.05) is 0 Å². The van der Waals surface area contributed by atoms with Gasteiger partial charge in [0, 0.05) is 6.10 Å². The maximum Gasteiger partial charge on any atom is 0.192 e. The molecular weight excluding hydrogens is 661 g/mol. The van der Waals surface area contributed by atoms with E-state index in [1.54, 1.807) is 5.57 Å². The van der Waals surface area contributed by atoms with Gasteiger partial charge in [-0.05, 0) is 141 Å². The minimum atomic E-state index is -1.98. The largest absolute Gasteiger partial charge is 0.414 e. The van der Waals surface area contributed by atoms with Crippen molar-refractivity contribution in [2.24, 2.45) is 23.2 Å². The van der Waals surface area contributed by atoms with E-state index >= 15 is 0 Å². The van der Waals surface area contributed by atoms with Crippen molar-refractivity contribution in [1.29, 1.82) is 0 Å². The van der Waals surface area contributed by atoms with E-state index in [9.17, 15) is 0 Å². The summed E-state index contributed by atoms with van der Waals surface area (Å²) in [6.07, 6.45) is 17.9. The SMILES string of the molecule is C=C1[C@H](O[Si](C)(C)C(C)(C)C)CC(=CC=C2CCC[C@]3(C)[C@@H]([C@@H](C)CCC[C@H](C)O[Si](C)(C)C(C)(C)C)CC[C@@H]23)C[C@H]1O[Si](C)(C)C(C)(C)C. The lowest BCUT2D eigenvalue weighted by Crippen LogP contribution is -2.49. The fourth-order valence-electron chi connectivity index (χ4n) is 8.57. The van der Waals surface area contributed by atoms with E-state index < -0.39 is 25.0 Å². The zero-order chi connectivity index (χ0) is 38.3. The van der Waals surface area contributed by atoms with Crippen LogP contribution in [0.4, 0.5) is 0 Å². The summed E-state index contributed by atoms with van der Waals surface area (Å²) in [5.41, 5.74) is 4.80. The molecule has 0 bridgehead atoms. The standard InChI is InChI=1S/C44H84O3Si3/c1-32(22-20-23-33(2)45-48(14,15)41(4,5)6)37-27-28-38-36(24-21-29-44(37,38)13)26-25-35-30-39(46-49(16,17)42(7,8)9)34(3)40(31-35)47-50(18,19)43(10,11)12/h25-26,32-33,37-40H,3,20-24,27-31H2,1-2,4-19H3/t32-,33-,37+,38-,39+,40+,44+/m0/s1. The average Bonchev–Trinajstić information content (AvgIpc) is 3.29. The number of hydrogen-bond acceptors (Lipinski definition) is 3. The first-order valence-electron chi connectivity index (χ1n) is 20.6. The Morgan fingerprint density at radius 1 is 0.760 bits per heavy atom. The highest BCUT2D eigenvalue weighted by atomic mass is 28.4. The lowest BCUT2D eigenvalue weighted by atomic mass is 9.60. The van der Waals surface area contributed by atoms with Gasteiger partial charge in [-0.25, -0.2) is 0 Å². The Morgan fingerprint density at radius 2 is 1.26 bits per heavy atom. The van der Waals surface area contributed by atoms with Gasteiger partial charge in [0.25, 0.3) is 0 Å². The number of fused-ring (bicyclic) bond motifs is 1. The Morgan fingerprint density at radius 3 is 1.74 bits per heavy atom. The van der Waals surface area contributed by atoms with Crippen LogP contribution in [-0.4, -0.2) is 43.3 Å². The van der Waals surface area contributed by atoms with Gasteiger partial charge in [-0.15, -0.1) is 0 Å². The third-order valence-electron chi connectivity index (χ3n) is 15.0. The molecule has 0 aliphatic heterocycles. The van der Waals surface area contributed by atoms with E-state index in [0.29, 0.717) is 11.5 Å². The van der Waals surface area contributed by atoms with Gasteiger partial charge < -0.3 is 13.3 Å². The van der Waals surface area contributed by atoms with Crippen LogP contribution in [-0.2, 0) is 13.3 Å². The molecule has 0 N–H and O–H groups in total. The molecule has 0 saturated heterocycles. The van der Waals surface area contributed by atoms with Crippen LogP contribution in [0, 0.1) is 23.2 Å². The third kappa shape index (κ3) is 10.3. The topological polar surface area (TPSA) is 27.7 Å². The normalized spacial score (nSPS) is 29.7. The summed E-state index contributed by atoms with van der Waals surface area (Å²) in [6.45, 7) is 47.6. The fourth-order valence-corrected chi connectivity index (χ4v) is 12.6.